The van der Waals surface area contributed by atoms with Crippen LogP contribution in [0.5, 0.6) is 0 Å². The van der Waals surface area contributed by atoms with Crippen LogP contribution in [-0.2, 0) is 11.2 Å². The second-order valence-corrected chi connectivity index (χ2v) is 7.00. The zero-order chi connectivity index (χ0) is 17.5. The van der Waals surface area contributed by atoms with Crippen molar-refractivity contribution in [2.24, 2.45) is 0 Å². The van der Waals surface area contributed by atoms with E-state index in [1.54, 1.807) is 11.8 Å². The van der Waals surface area contributed by atoms with Crippen LogP contribution < -0.4 is 5.32 Å². The molecular weight excluding hydrogens is 322 g/mol. The first-order valence-corrected chi connectivity index (χ1v) is 9.48. The van der Waals surface area contributed by atoms with Crippen molar-refractivity contribution in [1.29, 1.82) is 0 Å². The van der Waals surface area contributed by atoms with Crippen molar-refractivity contribution in [3.05, 3.63) is 41.5 Å². The fourth-order valence-corrected chi connectivity index (χ4v) is 2.70. The van der Waals surface area contributed by atoms with Gasteiger partial charge < -0.3 is 9.84 Å². The zero-order valence-electron chi connectivity index (χ0n) is 14.7. The zero-order valence-corrected chi connectivity index (χ0v) is 15.5. The number of thioether (sulfide) groups is 1. The smallest absolute Gasteiger partial charge is 0.226 e. The largest absolute Gasteiger partial charge is 0.350 e. The van der Waals surface area contributed by atoms with E-state index in [0.29, 0.717) is 25.2 Å². The third-order valence-electron chi connectivity index (χ3n) is 3.79. The number of benzene rings is 1. The van der Waals surface area contributed by atoms with Crippen molar-refractivity contribution in [2.45, 2.75) is 56.9 Å². The number of hydrogen-bond acceptors (Lipinski definition) is 5. The molecule has 130 valence electrons. The number of nitrogens with zero attached hydrogens (tertiary/aromatic N) is 2. The van der Waals surface area contributed by atoms with E-state index in [2.05, 4.69) is 39.7 Å². The highest BCUT2D eigenvalue weighted by atomic mass is 32.2. The van der Waals surface area contributed by atoms with E-state index in [9.17, 15) is 4.79 Å². The monoisotopic (exact) mass is 347 g/mol. The molecule has 0 aliphatic carbocycles. The molecule has 1 atom stereocenters. The number of aryl methyl sites for hydroxylation is 1. The Kier molecular flexibility index (Phi) is 6.85. The van der Waals surface area contributed by atoms with Crippen molar-refractivity contribution in [3.8, 4) is 0 Å². The summed E-state index contributed by atoms with van der Waals surface area (Å²) in [6.07, 6.45) is 3.83. The molecule has 1 N–H and O–H groups in total. The Morgan fingerprint density at radius 1 is 1.25 bits per heavy atom. The molecule has 2 aromatic rings. The molecule has 24 heavy (non-hydrogen) atoms. The highest BCUT2D eigenvalue weighted by molar-refractivity contribution is 7.98. The predicted octanol–water partition coefficient (Wildman–Crippen LogP) is 4.12. The molecule has 0 aliphatic heterocycles. The van der Waals surface area contributed by atoms with Crippen LogP contribution in [0.1, 0.15) is 62.9 Å². The average Bonchev–Trinajstić information content (AvgIpc) is 3.04. The van der Waals surface area contributed by atoms with Crippen molar-refractivity contribution in [2.75, 3.05) is 6.26 Å². The summed E-state index contributed by atoms with van der Waals surface area (Å²) in [7, 11) is 0. The van der Waals surface area contributed by atoms with Crippen molar-refractivity contribution >= 4 is 17.7 Å². The molecule has 0 aliphatic rings. The first-order valence-electron chi connectivity index (χ1n) is 8.25. The number of rotatable bonds is 8. The Labute approximate surface area is 147 Å². The van der Waals surface area contributed by atoms with Gasteiger partial charge in [0.25, 0.3) is 0 Å². The van der Waals surface area contributed by atoms with Crippen LogP contribution in [0.2, 0.25) is 0 Å². The van der Waals surface area contributed by atoms with E-state index < -0.39 is 0 Å². The highest BCUT2D eigenvalue weighted by Crippen LogP contribution is 2.19. The van der Waals surface area contributed by atoms with E-state index >= 15 is 0 Å². The summed E-state index contributed by atoms with van der Waals surface area (Å²) in [5.74, 6) is 1.62. The van der Waals surface area contributed by atoms with Gasteiger partial charge in [0.05, 0.1) is 6.04 Å². The quantitative estimate of drug-likeness (QED) is 0.728. The molecule has 0 radical (unpaired) electrons. The van der Waals surface area contributed by atoms with Crippen LogP contribution in [0.3, 0.4) is 0 Å². The summed E-state index contributed by atoms with van der Waals surface area (Å²) >= 11 is 1.71. The number of aromatic nitrogens is 2. The molecule has 5 nitrogen and oxygen atoms in total. The molecule has 1 heterocycles. The molecule has 0 spiro atoms. The summed E-state index contributed by atoms with van der Waals surface area (Å²) in [6, 6.07) is 8.27. The van der Waals surface area contributed by atoms with Gasteiger partial charge in [-0.15, -0.1) is 11.8 Å². The van der Waals surface area contributed by atoms with Gasteiger partial charge in [-0.2, -0.15) is 4.98 Å². The van der Waals surface area contributed by atoms with E-state index in [-0.39, 0.29) is 17.9 Å². The van der Waals surface area contributed by atoms with Crippen LogP contribution in [0.15, 0.2) is 33.7 Å². The number of amides is 1. The molecule has 0 bridgehead atoms. The summed E-state index contributed by atoms with van der Waals surface area (Å²) in [6.45, 7) is 6.04. The minimum absolute atomic E-state index is 0.00403. The molecule has 1 aromatic carbocycles. The van der Waals surface area contributed by atoms with Gasteiger partial charge in [0.15, 0.2) is 5.82 Å². The first kappa shape index (κ1) is 18.5. The Bertz CT molecular complexity index is 653. The van der Waals surface area contributed by atoms with Gasteiger partial charge in [-0.05, 0) is 37.3 Å². The van der Waals surface area contributed by atoms with Gasteiger partial charge in [-0.1, -0.05) is 31.1 Å². The van der Waals surface area contributed by atoms with Crippen LogP contribution in [0.25, 0.3) is 0 Å². The summed E-state index contributed by atoms with van der Waals surface area (Å²) in [4.78, 5) is 17.6. The molecule has 0 unspecified atom stereocenters. The lowest BCUT2D eigenvalue weighted by Crippen LogP contribution is -2.26. The van der Waals surface area contributed by atoms with E-state index in [1.165, 1.54) is 4.90 Å². The molecular formula is C18H25N3O2S. The lowest BCUT2D eigenvalue weighted by Gasteiger charge is -2.14. The topological polar surface area (TPSA) is 68.0 Å². The number of carbonyl (C=O) groups excluding carboxylic acids is 1. The normalized spacial score (nSPS) is 12.4. The fraction of sp³-hybridized carbons (Fsp3) is 0.500. The number of nitrogens with one attached hydrogen (secondary N) is 1. The molecule has 1 aromatic heterocycles. The summed E-state index contributed by atoms with van der Waals surface area (Å²) in [5.41, 5.74) is 1.11. The van der Waals surface area contributed by atoms with Gasteiger partial charge >= 0.3 is 0 Å². The van der Waals surface area contributed by atoms with E-state index in [0.717, 1.165) is 11.4 Å². The maximum atomic E-state index is 12.1. The summed E-state index contributed by atoms with van der Waals surface area (Å²) < 4.78 is 5.19. The fourth-order valence-electron chi connectivity index (χ4n) is 2.29. The first-order chi connectivity index (χ1) is 11.5. The molecule has 0 saturated carbocycles. The van der Waals surface area contributed by atoms with Crippen LogP contribution in [0.4, 0.5) is 0 Å². The molecule has 6 heteroatoms. The van der Waals surface area contributed by atoms with Gasteiger partial charge in [0, 0.05) is 23.7 Å². The van der Waals surface area contributed by atoms with Crippen LogP contribution in [-0.4, -0.2) is 22.3 Å². The SMILES string of the molecule is CSc1ccc([C@@H](C)NC(=O)CCCc2nc(C(C)C)no2)cc1. The standard InChI is InChI=1S/C18H25N3O2S/c1-12(2)18-20-17(23-21-18)7-5-6-16(22)19-13(3)14-8-10-15(24-4)11-9-14/h8-13H,5-7H2,1-4H3,(H,19,22)/t13-/m1/s1. The van der Waals surface area contributed by atoms with Gasteiger partial charge in [0.1, 0.15) is 0 Å². The Morgan fingerprint density at radius 3 is 2.54 bits per heavy atom. The lowest BCUT2D eigenvalue weighted by molar-refractivity contribution is -0.121. The second kappa shape index (κ2) is 8.87. The van der Waals surface area contributed by atoms with Crippen LogP contribution >= 0.6 is 11.8 Å². The molecule has 2 rings (SSSR count). The van der Waals surface area contributed by atoms with E-state index in [4.69, 9.17) is 4.52 Å². The predicted molar refractivity (Wildman–Crippen MR) is 96.1 cm³/mol. The number of hydrogen-bond donors (Lipinski definition) is 1. The van der Waals surface area contributed by atoms with Crippen molar-refractivity contribution < 1.29 is 9.32 Å². The highest BCUT2D eigenvalue weighted by Gasteiger charge is 2.12. The van der Waals surface area contributed by atoms with Crippen LogP contribution in [0, 0.1) is 0 Å². The number of carbonyl (C=O) groups is 1. The van der Waals surface area contributed by atoms with Gasteiger partial charge in [-0.3, -0.25) is 4.79 Å². The average molecular weight is 347 g/mol. The third-order valence-corrected chi connectivity index (χ3v) is 4.53. The van der Waals surface area contributed by atoms with E-state index in [1.807, 2.05) is 27.0 Å². The Morgan fingerprint density at radius 2 is 1.96 bits per heavy atom. The Balaban J connectivity index is 1.75. The maximum Gasteiger partial charge on any atom is 0.226 e. The minimum Gasteiger partial charge on any atom is -0.350 e. The van der Waals surface area contributed by atoms with Crippen molar-refractivity contribution in [1.82, 2.24) is 15.5 Å². The second-order valence-electron chi connectivity index (χ2n) is 6.12. The van der Waals surface area contributed by atoms with Gasteiger partial charge in [0.2, 0.25) is 11.8 Å². The third kappa shape index (κ3) is 5.37. The maximum absolute atomic E-state index is 12.1. The molecule has 0 fully saturated rings. The molecule has 1 amide bonds. The summed E-state index contributed by atoms with van der Waals surface area (Å²) in [5, 5.41) is 6.96. The van der Waals surface area contributed by atoms with Crippen molar-refractivity contribution in [3.63, 3.8) is 0 Å². The Hall–Kier alpha value is -1.82. The minimum atomic E-state index is 0.00403. The molecule has 0 saturated heterocycles. The van der Waals surface area contributed by atoms with Gasteiger partial charge in [-0.25, -0.2) is 0 Å². The lowest BCUT2D eigenvalue weighted by atomic mass is 10.1.